The van der Waals surface area contributed by atoms with E-state index in [1.807, 2.05) is 0 Å². The SMILES string of the molecule is O=C(O)c1ccc(OCCO)o1. The van der Waals surface area contributed by atoms with E-state index in [9.17, 15) is 4.79 Å². The van der Waals surface area contributed by atoms with Crippen LogP contribution in [0.4, 0.5) is 0 Å². The van der Waals surface area contributed by atoms with Crippen LogP contribution >= 0.6 is 0 Å². The molecule has 1 rings (SSSR count). The second-order valence-electron chi connectivity index (χ2n) is 2.00. The number of aliphatic hydroxyl groups excluding tert-OH is 1. The maximum Gasteiger partial charge on any atom is 0.371 e. The lowest BCUT2D eigenvalue weighted by molar-refractivity contribution is 0.0651. The molecule has 0 saturated heterocycles. The number of carboxylic acid groups (broad SMARTS) is 1. The highest BCUT2D eigenvalue weighted by Gasteiger charge is 2.08. The summed E-state index contributed by atoms with van der Waals surface area (Å²) in [5, 5.41) is 16.8. The first-order valence-electron chi connectivity index (χ1n) is 3.31. The number of carbonyl (C=O) groups is 1. The Balaban J connectivity index is 2.58. The summed E-state index contributed by atoms with van der Waals surface area (Å²) in [4.78, 5) is 10.3. The zero-order valence-electron chi connectivity index (χ0n) is 6.19. The molecular weight excluding hydrogens is 164 g/mol. The minimum atomic E-state index is -1.14. The standard InChI is InChI=1S/C7H8O5/c8-3-4-11-6-2-1-5(12-6)7(9)10/h1-2,8H,3-4H2,(H,9,10). The van der Waals surface area contributed by atoms with Crippen LogP contribution in [0.3, 0.4) is 0 Å². The lowest BCUT2D eigenvalue weighted by Gasteiger charge is -1.96. The smallest absolute Gasteiger partial charge is 0.371 e. The molecule has 0 bridgehead atoms. The first-order valence-corrected chi connectivity index (χ1v) is 3.31. The molecule has 0 aliphatic heterocycles. The third-order valence-corrected chi connectivity index (χ3v) is 1.13. The second kappa shape index (κ2) is 3.77. The van der Waals surface area contributed by atoms with E-state index in [4.69, 9.17) is 19.4 Å². The van der Waals surface area contributed by atoms with Crippen molar-refractivity contribution in [2.45, 2.75) is 0 Å². The van der Waals surface area contributed by atoms with Crippen molar-refractivity contribution in [3.05, 3.63) is 17.9 Å². The Hall–Kier alpha value is -1.49. The van der Waals surface area contributed by atoms with Crippen molar-refractivity contribution in [2.24, 2.45) is 0 Å². The van der Waals surface area contributed by atoms with Crippen LogP contribution in [0.1, 0.15) is 10.6 Å². The fourth-order valence-electron chi connectivity index (χ4n) is 0.659. The Morgan fingerprint density at radius 3 is 2.83 bits per heavy atom. The van der Waals surface area contributed by atoms with E-state index in [1.54, 1.807) is 0 Å². The van der Waals surface area contributed by atoms with Gasteiger partial charge in [0.1, 0.15) is 6.61 Å². The number of hydrogen-bond donors (Lipinski definition) is 2. The van der Waals surface area contributed by atoms with Gasteiger partial charge in [-0.25, -0.2) is 4.79 Å². The van der Waals surface area contributed by atoms with Crippen LogP contribution in [0.5, 0.6) is 5.95 Å². The van der Waals surface area contributed by atoms with E-state index in [1.165, 1.54) is 12.1 Å². The average molecular weight is 172 g/mol. The van der Waals surface area contributed by atoms with Crippen molar-refractivity contribution < 1.29 is 24.2 Å². The minimum Gasteiger partial charge on any atom is -0.475 e. The molecule has 66 valence electrons. The summed E-state index contributed by atoms with van der Waals surface area (Å²) in [5.41, 5.74) is 0. The highest BCUT2D eigenvalue weighted by atomic mass is 16.6. The van der Waals surface area contributed by atoms with Gasteiger partial charge in [0.15, 0.2) is 0 Å². The molecule has 1 heterocycles. The van der Waals surface area contributed by atoms with Crippen molar-refractivity contribution in [2.75, 3.05) is 13.2 Å². The lowest BCUT2D eigenvalue weighted by Crippen LogP contribution is -2.00. The van der Waals surface area contributed by atoms with Crippen LogP contribution in [0.25, 0.3) is 0 Å². The Bertz CT molecular complexity index is 265. The van der Waals surface area contributed by atoms with Gasteiger partial charge in [-0.2, -0.15) is 0 Å². The summed E-state index contributed by atoms with van der Waals surface area (Å²) >= 11 is 0. The van der Waals surface area contributed by atoms with Gasteiger partial charge in [-0.05, 0) is 6.07 Å². The molecule has 1 aromatic heterocycles. The zero-order chi connectivity index (χ0) is 8.97. The van der Waals surface area contributed by atoms with E-state index < -0.39 is 5.97 Å². The molecule has 0 aromatic carbocycles. The minimum absolute atomic E-state index is 0.0899. The van der Waals surface area contributed by atoms with Gasteiger partial charge in [-0.3, -0.25) is 0 Å². The van der Waals surface area contributed by atoms with E-state index in [0.717, 1.165) is 0 Å². The second-order valence-corrected chi connectivity index (χ2v) is 2.00. The Morgan fingerprint density at radius 1 is 1.58 bits per heavy atom. The number of ether oxygens (including phenoxy) is 1. The molecule has 0 radical (unpaired) electrons. The fraction of sp³-hybridized carbons (Fsp3) is 0.286. The first kappa shape index (κ1) is 8.61. The fourth-order valence-corrected chi connectivity index (χ4v) is 0.659. The molecule has 0 aliphatic carbocycles. The Morgan fingerprint density at radius 2 is 2.33 bits per heavy atom. The summed E-state index contributed by atoms with van der Waals surface area (Å²) in [5.74, 6) is -1.22. The molecule has 0 fully saturated rings. The normalized spacial score (nSPS) is 9.75. The van der Waals surface area contributed by atoms with Gasteiger partial charge in [-0.1, -0.05) is 0 Å². The summed E-state index contributed by atoms with van der Waals surface area (Å²) in [6, 6.07) is 2.67. The first-order chi connectivity index (χ1) is 5.74. The van der Waals surface area contributed by atoms with Crippen molar-refractivity contribution in [3.8, 4) is 5.95 Å². The lowest BCUT2D eigenvalue weighted by atomic mass is 10.5. The number of rotatable bonds is 4. The third kappa shape index (κ3) is 2.00. The third-order valence-electron chi connectivity index (χ3n) is 1.13. The van der Waals surface area contributed by atoms with Crippen LogP contribution < -0.4 is 4.74 Å². The molecule has 0 saturated carbocycles. The van der Waals surface area contributed by atoms with Crippen molar-refractivity contribution >= 4 is 5.97 Å². The maximum absolute atomic E-state index is 10.3. The van der Waals surface area contributed by atoms with E-state index in [0.29, 0.717) is 0 Å². The zero-order valence-corrected chi connectivity index (χ0v) is 6.19. The van der Waals surface area contributed by atoms with Gasteiger partial charge >= 0.3 is 5.97 Å². The number of furan rings is 1. The molecule has 5 heteroatoms. The van der Waals surface area contributed by atoms with Gasteiger partial charge in [-0.15, -0.1) is 0 Å². The average Bonchev–Trinajstić information content (AvgIpc) is 2.48. The number of aromatic carboxylic acids is 1. The summed E-state index contributed by atoms with van der Waals surface area (Å²) in [6.45, 7) is -0.0460. The highest BCUT2D eigenvalue weighted by molar-refractivity contribution is 5.84. The summed E-state index contributed by atoms with van der Waals surface area (Å²) < 4.78 is 9.52. The highest BCUT2D eigenvalue weighted by Crippen LogP contribution is 2.15. The van der Waals surface area contributed by atoms with E-state index in [-0.39, 0.29) is 24.9 Å². The quantitative estimate of drug-likeness (QED) is 0.684. The van der Waals surface area contributed by atoms with Crippen molar-refractivity contribution in [1.82, 2.24) is 0 Å². The molecule has 0 unspecified atom stereocenters. The Kier molecular flexibility index (Phi) is 2.71. The maximum atomic E-state index is 10.3. The van der Waals surface area contributed by atoms with Gasteiger partial charge < -0.3 is 19.4 Å². The predicted octanol–water partition coefficient (Wildman–Crippen LogP) is 0.349. The van der Waals surface area contributed by atoms with Crippen LogP contribution in [-0.2, 0) is 0 Å². The molecule has 1 aromatic rings. The van der Waals surface area contributed by atoms with Gasteiger partial charge in [0.05, 0.1) is 6.61 Å². The topological polar surface area (TPSA) is 79.9 Å². The van der Waals surface area contributed by atoms with Crippen molar-refractivity contribution in [3.63, 3.8) is 0 Å². The van der Waals surface area contributed by atoms with Gasteiger partial charge in [0, 0.05) is 6.07 Å². The number of carboxylic acids is 1. The van der Waals surface area contributed by atoms with Crippen LogP contribution in [0.2, 0.25) is 0 Å². The van der Waals surface area contributed by atoms with Gasteiger partial charge in [0.2, 0.25) is 5.76 Å². The number of aliphatic hydroxyl groups is 1. The molecule has 0 aliphatic rings. The number of hydrogen-bond acceptors (Lipinski definition) is 4. The molecule has 0 amide bonds. The predicted molar refractivity (Wildman–Crippen MR) is 38.2 cm³/mol. The summed E-state index contributed by atoms with van der Waals surface area (Å²) in [7, 11) is 0. The molecule has 5 nitrogen and oxygen atoms in total. The van der Waals surface area contributed by atoms with Crippen LogP contribution in [0.15, 0.2) is 16.5 Å². The van der Waals surface area contributed by atoms with E-state index >= 15 is 0 Å². The Labute approximate surface area is 68.2 Å². The molecule has 12 heavy (non-hydrogen) atoms. The van der Waals surface area contributed by atoms with Gasteiger partial charge in [0.25, 0.3) is 5.95 Å². The molecule has 2 N–H and O–H groups in total. The molecule has 0 spiro atoms. The summed E-state index contributed by atoms with van der Waals surface area (Å²) in [6.07, 6.45) is 0. The van der Waals surface area contributed by atoms with Crippen LogP contribution in [-0.4, -0.2) is 29.4 Å². The largest absolute Gasteiger partial charge is 0.475 e. The van der Waals surface area contributed by atoms with Crippen LogP contribution in [0, 0.1) is 0 Å². The molecular formula is C7H8O5. The van der Waals surface area contributed by atoms with E-state index in [2.05, 4.69) is 0 Å². The van der Waals surface area contributed by atoms with Crippen molar-refractivity contribution in [1.29, 1.82) is 0 Å². The monoisotopic (exact) mass is 172 g/mol. The molecule has 0 atom stereocenters.